The largest absolute Gasteiger partial charge is 0.363 e. The minimum atomic E-state index is -4.03. The van der Waals surface area contributed by atoms with E-state index in [1.807, 2.05) is 0 Å². The van der Waals surface area contributed by atoms with Gasteiger partial charge in [0, 0.05) is 20.9 Å². The minimum Gasteiger partial charge on any atom is -0.363 e. The molecule has 0 aliphatic heterocycles. The van der Waals surface area contributed by atoms with Gasteiger partial charge >= 0.3 is 10.1 Å². The Kier molecular flexibility index (Phi) is 5.50. The Hall–Kier alpha value is -1.08. The van der Waals surface area contributed by atoms with Crippen LogP contribution in [0, 0.1) is 5.41 Å². The van der Waals surface area contributed by atoms with Gasteiger partial charge in [-0.15, -0.1) is 0 Å². The summed E-state index contributed by atoms with van der Waals surface area (Å²) in [5, 5.41) is 8.53. The van der Waals surface area contributed by atoms with E-state index in [0.717, 1.165) is 4.47 Å². The lowest BCUT2D eigenvalue weighted by Crippen LogP contribution is -2.14. The van der Waals surface area contributed by atoms with E-state index in [9.17, 15) is 8.42 Å². The predicted octanol–water partition coefficient (Wildman–Crippen LogP) is 4.68. The second-order valence-electron chi connectivity index (χ2n) is 4.37. The van der Waals surface area contributed by atoms with Crippen molar-refractivity contribution in [2.75, 3.05) is 0 Å². The highest BCUT2D eigenvalue weighted by Gasteiger charge is 2.18. The highest BCUT2D eigenvalue weighted by molar-refractivity contribution is 9.10. The van der Waals surface area contributed by atoms with E-state index in [1.54, 1.807) is 30.3 Å². The SMILES string of the molecule is N=C(Cc1cc(Cl)cc(Cl)c1)OS(=O)(=O)c1ccc(Br)cc1. The molecule has 0 fully saturated rings. The Morgan fingerprint density at radius 2 is 1.64 bits per heavy atom. The van der Waals surface area contributed by atoms with Crippen molar-refractivity contribution in [3.63, 3.8) is 0 Å². The molecule has 2 aromatic rings. The Balaban J connectivity index is 2.12. The van der Waals surface area contributed by atoms with Crippen molar-refractivity contribution in [3.05, 3.63) is 62.5 Å². The Labute approximate surface area is 146 Å². The van der Waals surface area contributed by atoms with Crippen molar-refractivity contribution in [2.24, 2.45) is 0 Å². The number of benzene rings is 2. The molecule has 22 heavy (non-hydrogen) atoms. The first kappa shape index (κ1) is 17.3. The van der Waals surface area contributed by atoms with Crippen LogP contribution in [0.2, 0.25) is 10.0 Å². The molecule has 8 heteroatoms. The summed E-state index contributed by atoms with van der Waals surface area (Å²) in [4.78, 5) is -0.0235. The summed E-state index contributed by atoms with van der Waals surface area (Å²) in [6.45, 7) is 0. The van der Waals surface area contributed by atoms with Crippen LogP contribution in [-0.4, -0.2) is 14.3 Å². The second kappa shape index (κ2) is 7.00. The molecule has 0 unspecified atom stereocenters. The molecule has 2 rings (SSSR count). The Morgan fingerprint density at radius 1 is 1.09 bits per heavy atom. The number of hydrogen-bond donors (Lipinski definition) is 1. The first-order valence-corrected chi connectivity index (χ1v) is 8.94. The van der Waals surface area contributed by atoms with Crippen LogP contribution in [0.5, 0.6) is 0 Å². The molecule has 0 radical (unpaired) electrons. The van der Waals surface area contributed by atoms with Gasteiger partial charge in [-0.2, -0.15) is 8.42 Å². The van der Waals surface area contributed by atoms with E-state index in [-0.39, 0.29) is 11.3 Å². The quantitative estimate of drug-likeness (QED) is 0.441. The van der Waals surface area contributed by atoms with Crippen LogP contribution in [0.3, 0.4) is 0 Å². The molecule has 0 aliphatic rings. The number of nitrogens with one attached hydrogen (secondary N) is 1. The fourth-order valence-corrected chi connectivity index (χ4v) is 3.43. The standard InChI is InChI=1S/C14H10BrCl2NO3S/c15-10-1-3-13(4-2-10)22(19,20)21-14(18)7-9-5-11(16)8-12(17)6-9/h1-6,8,18H,7H2. The third kappa shape index (κ3) is 4.71. The molecule has 0 aromatic heterocycles. The van der Waals surface area contributed by atoms with E-state index in [0.29, 0.717) is 15.6 Å². The maximum absolute atomic E-state index is 12.0. The summed E-state index contributed by atoms with van der Waals surface area (Å²) in [5.41, 5.74) is 0.591. The lowest BCUT2D eigenvalue weighted by atomic mass is 10.1. The van der Waals surface area contributed by atoms with Gasteiger partial charge in [0.1, 0.15) is 4.90 Å². The highest BCUT2D eigenvalue weighted by Crippen LogP contribution is 2.21. The fraction of sp³-hybridized carbons (Fsp3) is 0.0714. The zero-order chi connectivity index (χ0) is 16.3. The number of hydrogen-bond acceptors (Lipinski definition) is 4. The van der Waals surface area contributed by atoms with Gasteiger partial charge in [-0.05, 0) is 48.0 Å². The van der Waals surface area contributed by atoms with E-state index in [2.05, 4.69) is 15.9 Å². The molecule has 0 atom stereocenters. The summed E-state index contributed by atoms with van der Waals surface area (Å²) in [6.07, 6.45) is -0.0317. The second-order valence-corrected chi connectivity index (χ2v) is 7.70. The monoisotopic (exact) mass is 421 g/mol. The molecule has 1 N–H and O–H groups in total. The zero-order valence-corrected chi connectivity index (χ0v) is 14.9. The first-order chi connectivity index (χ1) is 10.3. The Morgan fingerprint density at radius 3 is 2.18 bits per heavy atom. The van der Waals surface area contributed by atoms with E-state index < -0.39 is 16.0 Å². The van der Waals surface area contributed by atoms with Crippen LogP contribution >= 0.6 is 39.1 Å². The average Bonchev–Trinajstić information content (AvgIpc) is 2.36. The molecular formula is C14H10BrCl2NO3S. The van der Waals surface area contributed by atoms with Gasteiger partial charge in [-0.25, -0.2) is 0 Å². The molecule has 0 bridgehead atoms. The van der Waals surface area contributed by atoms with Gasteiger partial charge in [0.05, 0.1) is 0 Å². The lowest BCUT2D eigenvalue weighted by Gasteiger charge is -2.08. The van der Waals surface area contributed by atoms with Crippen LogP contribution < -0.4 is 0 Å². The van der Waals surface area contributed by atoms with Gasteiger partial charge in [0.2, 0.25) is 5.90 Å². The molecule has 0 heterocycles. The summed E-state index contributed by atoms with van der Waals surface area (Å²) in [7, 11) is -4.03. The normalized spacial score (nSPS) is 11.2. The van der Waals surface area contributed by atoms with Crippen molar-refractivity contribution in [3.8, 4) is 0 Å². The zero-order valence-electron chi connectivity index (χ0n) is 11.0. The Bertz CT molecular complexity index is 787. The van der Waals surface area contributed by atoms with E-state index in [4.69, 9.17) is 32.8 Å². The molecule has 0 saturated carbocycles. The summed E-state index contributed by atoms with van der Waals surface area (Å²) < 4.78 is 29.6. The third-order valence-corrected chi connectivity index (χ3v) is 4.83. The topological polar surface area (TPSA) is 67.2 Å². The highest BCUT2D eigenvalue weighted by atomic mass is 79.9. The molecule has 4 nitrogen and oxygen atoms in total. The number of rotatable bonds is 4. The van der Waals surface area contributed by atoms with Crippen LogP contribution in [0.1, 0.15) is 5.56 Å². The molecule has 2 aromatic carbocycles. The summed E-state index contributed by atoms with van der Waals surface area (Å²) in [6, 6.07) is 10.7. The van der Waals surface area contributed by atoms with Crippen LogP contribution in [-0.2, 0) is 20.7 Å². The molecule has 0 aliphatic carbocycles. The van der Waals surface area contributed by atoms with E-state index in [1.165, 1.54) is 12.1 Å². The van der Waals surface area contributed by atoms with Gasteiger partial charge < -0.3 is 4.18 Å². The smallest absolute Gasteiger partial charge is 0.340 e. The van der Waals surface area contributed by atoms with Gasteiger partial charge in [-0.3, -0.25) is 5.41 Å². The minimum absolute atomic E-state index is 0.0235. The summed E-state index contributed by atoms with van der Waals surface area (Å²) >= 11 is 14.9. The van der Waals surface area contributed by atoms with Crippen LogP contribution in [0.15, 0.2) is 51.8 Å². The molecule has 0 amide bonds. The summed E-state index contributed by atoms with van der Waals surface area (Å²) in [5.74, 6) is -0.416. The first-order valence-electron chi connectivity index (χ1n) is 5.99. The third-order valence-electron chi connectivity index (χ3n) is 2.60. The van der Waals surface area contributed by atoms with Crippen molar-refractivity contribution >= 4 is 55.1 Å². The number of halogens is 3. The maximum atomic E-state index is 12.0. The van der Waals surface area contributed by atoms with Crippen molar-refractivity contribution in [1.29, 1.82) is 5.41 Å². The maximum Gasteiger partial charge on any atom is 0.340 e. The van der Waals surface area contributed by atoms with Crippen LogP contribution in [0.25, 0.3) is 0 Å². The van der Waals surface area contributed by atoms with Gasteiger partial charge in [-0.1, -0.05) is 39.1 Å². The van der Waals surface area contributed by atoms with E-state index >= 15 is 0 Å². The van der Waals surface area contributed by atoms with Crippen molar-refractivity contribution in [2.45, 2.75) is 11.3 Å². The van der Waals surface area contributed by atoms with Crippen molar-refractivity contribution in [1.82, 2.24) is 0 Å². The predicted molar refractivity (Wildman–Crippen MR) is 90.3 cm³/mol. The molecule has 116 valence electrons. The molecular weight excluding hydrogens is 413 g/mol. The van der Waals surface area contributed by atoms with Crippen LogP contribution in [0.4, 0.5) is 0 Å². The van der Waals surface area contributed by atoms with Crippen molar-refractivity contribution < 1.29 is 12.6 Å². The average molecular weight is 423 g/mol. The van der Waals surface area contributed by atoms with Gasteiger partial charge in [0.25, 0.3) is 0 Å². The van der Waals surface area contributed by atoms with Gasteiger partial charge in [0.15, 0.2) is 0 Å². The molecule has 0 spiro atoms. The fourth-order valence-electron chi connectivity index (χ4n) is 1.71. The lowest BCUT2D eigenvalue weighted by molar-refractivity contribution is 0.474. The molecule has 0 saturated heterocycles.